The van der Waals surface area contributed by atoms with Crippen LogP contribution in [0.4, 0.5) is 23.7 Å². The second-order valence-corrected chi connectivity index (χ2v) is 12.3. The Kier molecular flexibility index (Phi) is 10.6. The number of alkyl carbamates (subject to hydrolysis) is 1. The van der Waals surface area contributed by atoms with Crippen molar-refractivity contribution in [3.05, 3.63) is 60.2 Å². The maximum Gasteiger partial charge on any atom is 0.490 e. The monoisotopic (exact) mass is 665 g/mol. The van der Waals surface area contributed by atoms with Gasteiger partial charge in [-0.3, -0.25) is 0 Å². The SMILES string of the molecule is O=C(O)C(F)(F)F.[2H]C([2H])(N(CC(C)C)S(=O)(=O)c1ccc(N)cc1)[C@@]([2H])(O)[C@H](Cc1ccccc1)NC(=O)O[C@@]1([2H])CO[C@H]2OCC[C@H]21. The molecule has 2 saturated heterocycles. The smallest absolute Gasteiger partial charge is 0.475 e. The first-order chi connectivity index (χ1) is 22.5. The van der Waals surface area contributed by atoms with Crippen molar-refractivity contribution in [3.63, 3.8) is 0 Å². The number of hydrogen-bond acceptors (Lipinski definition) is 9. The first-order valence-electron chi connectivity index (χ1n) is 15.7. The lowest BCUT2D eigenvalue weighted by atomic mass is 10.0. The van der Waals surface area contributed by atoms with Crippen molar-refractivity contribution in [2.24, 2.45) is 11.8 Å². The van der Waals surface area contributed by atoms with Crippen LogP contribution in [0.3, 0.4) is 0 Å². The summed E-state index contributed by atoms with van der Waals surface area (Å²) < 4.78 is 111. The standard InChI is InChI=1S/C27H37N3O7S.C2HF3O2/c1-18(2)15-30(38(33,34)21-10-8-20(28)9-11-21)16-24(31)23(14-19-6-4-3-5-7-19)29-27(32)37-25-17-36-26-22(25)12-13-35-26;3-2(4,5)1(6)7/h3-11,18,22-26,31H,12-17,28H2,1-2H3,(H,29,32);(H,6,7)/t22-,23-,24+,25-,26+;/m0./s1/i16D2,24D,25D;. The van der Waals surface area contributed by atoms with E-state index in [1.54, 1.807) is 44.2 Å². The molecule has 16 heteroatoms. The van der Waals surface area contributed by atoms with Gasteiger partial charge in [-0.25, -0.2) is 18.0 Å². The highest BCUT2D eigenvalue weighted by atomic mass is 32.2. The highest BCUT2D eigenvalue weighted by Gasteiger charge is 2.44. The molecule has 2 aromatic carbocycles. The van der Waals surface area contributed by atoms with Crippen molar-refractivity contribution in [2.75, 3.05) is 32.0 Å². The number of carbonyl (C=O) groups is 2. The largest absolute Gasteiger partial charge is 0.490 e. The zero-order chi connectivity index (χ0) is 37.0. The Morgan fingerprint density at radius 3 is 2.40 bits per heavy atom. The predicted molar refractivity (Wildman–Crippen MR) is 155 cm³/mol. The van der Waals surface area contributed by atoms with Gasteiger partial charge in [0.05, 0.1) is 38.9 Å². The van der Waals surface area contributed by atoms with Crippen LogP contribution in [0.25, 0.3) is 0 Å². The molecule has 1 amide bonds. The quantitative estimate of drug-likeness (QED) is 0.261. The Labute approximate surface area is 264 Å². The Morgan fingerprint density at radius 2 is 1.82 bits per heavy atom. The van der Waals surface area contributed by atoms with Crippen LogP contribution in [0.15, 0.2) is 59.5 Å². The van der Waals surface area contributed by atoms with Crippen LogP contribution >= 0.6 is 0 Å². The number of anilines is 1. The van der Waals surface area contributed by atoms with Gasteiger partial charge in [0, 0.05) is 21.5 Å². The van der Waals surface area contributed by atoms with Crippen molar-refractivity contribution >= 4 is 27.8 Å². The molecular formula is C29H38F3N3O9S. The van der Waals surface area contributed by atoms with Crippen LogP contribution in [0.5, 0.6) is 0 Å². The van der Waals surface area contributed by atoms with Gasteiger partial charge in [-0.05, 0) is 48.6 Å². The van der Waals surface area contributed by atoms with Crippen LogP contribution in [0, 0.1) is 11.8 Å². The van der Waals surface area contributed by atoms with Crippen LogP contribution in [-0.4, -0.2) is 91.9 Å². The fourth-order valence-electron chi connectivity index (χ4n) is 4.28. The molecule has 2 fully saturated rings. The van der Waals surface area contributed by atoms with Crippen LogP contribution in [0.2, 0.25) is 0 Å². The first kappa shape index (κ1) is 30.2. The number of benzene rings is 2. The van der Waals surface area contributed by atoms with Crippen LogP contribution < -0.4 is 11.1 Å². The molecule has 4 rings (SSSR count). The average Bonchev–Trinajstić information content (AvgIpc) is 3.60. The summed E-state index contributed by atoms with van der Waals surface area (Å²) in [5.74, 6) is -3.71. The van der Waals surface area contributed by atoms with E-state index >= 15 is 0 Å². The molecule has 0 saturated carbocycles. The van der Waals surface area contributed by atoms with E-state index in [0.717, 1.165) is 0 Å². The molecule has 12 nitrogen and oxygen atoms in total. The van der Waals surface area contributed by atoms with E-state index in [1.165, 1.54) is 24.3 Å². The van der Waals surface area contributed by atoms with E-state index in [4.69, 9.17) is 35.3 Å². The van der Waals surface area contributed by atoms with Gasteiger partial charge >= 0.3 is 18.2 Å². The Morgan fingerprint density at radius 1 is 1.20 bits per heavy atom. The number of aliphatic hydroxyl groups is 1. The molecule has 2 heterocycles. The number of carboxylic acids is 1. The molecule has 0 unspecified atom stereocenters. The average molecular weight is 666 g/mol. The molecule has 0 bridgehead atoms. The highest BCUT2D eigenvalue weighted by Crippen LogP contribution is 2.33. The van der Waals surface area contributed by atoms with Gasteiger partial charge in [0.2, 0.25) is 10.0 Å². The third-order valence-electron chi connectivity index (χ3n) is 6.45. The number of aliphatic carboxylic acids is 1. The van der Waals surface area contributed by atoms with Gasteiger partial charge in [-0.1, -0.05) is 44.2 Å². The number of nitrogens with two attached hydrogens (primary N) is 1. The van der Waals surface area contributed by atoms with E-state index in [1.807, 2.05) is 0 Å². The van der Waals surface area contributed by atoms with Crippen molar-refractivity contribution in [1.82, 2.24) is 9.62 Å². The summed E-state index contributed by atoms with van der Waals surface area (Å²) in [7, 11) is -4.61. The minimum Gasteiger partial charge on any atom is -0.475 e. The number of nitrogens with zero attached hydrogens (tertiary/aromatic N) is 1. The minimum absolute atomic E-state index is 0.257. The normalized spacial score (nSPS) is 25.0. The molecule has 2 aliphatic rings. The number of alkyl halides is 3. The fraction of sp³-hybridized carbons (Fsp3) is 0.517. The fourth-order valence-corrected chi connectivity index (χ4v) is 5.72. The van der Waals surface area contributed by atoms with Crippen LogP contribution in [-0.2, 0) is 35.4 Å². The van der Waals surface area contributed by atoms with Crippen LogP contribution in [0.1, 0.15) is 31.3 Å². The second-order valence-electron chi connectivity index (χ2n) is 10.5. The number of sulfonamides is 1. The number of nitrogen functional groups attached to an aromatic ring is 1. The zero-order valence-corrected chi connectivity index (χ0v) is 25.2. The molecule has 2 aromatic rings. The zero-order valence-electron chi connectivity index (χ0n) is 28.4. The summed E-state index contributed by atoms with van der Waals surface area (Å²) in [5.41, 5.74) is 6.52. The topological polar surface area (TPSA) is 178 Å². The molecule has 5 N–H and O–H groups in total. The predicted octanol–water partition coefficient (Wildman–Crippen LogP) is 3.01. The molecular weight excluding hydrogens is 623 g/mol. The maximum atomic E-state index is 13.7. The first-order valence-corrected chi connectivity index (χ1v) is 15.1. The second kappa shape index (κ2) is 15.7. The Hall–Kier alpha value is -3.44. The molecule has 2 aliphatic heterocycles. The summed E-state index contributed by atoms with van der Waals surface area (Å²) in [6.07, 6.45) is -11.9. The molecule has 45 heavy (non-hydrogen) atoms. The van der Waals surface area contributed by atoms with Gasteiger partial charge in [0.25, 0.3) is 0 Å². The van der Waals surface area contributed by atoms with E-state index in [-0.39, 0.29) is 24.5 Å². The third-order valence-corrected chi connectivity index (χ3v) is 8.14. The summed E-state index contributed by atoms with van der Waals surface area (Å²) in [4.78, 5) is 21.8. The summed E-state index contributed by atoms with van der Waals surface area (Å²) in [6, 6.07) is 11.8. The maximum absolute atomic E-state index is 13.7. The molecule has 0 spiro atoms. The number of hydrogen-bond donors (Lipinski definition) is 4. The van der Waals surface area contributed by atoms with E-state index in [0.29, 0.717) is 28.6 Å². The lowest BCUT2D eigenvalue weighted by Crippen LogP contribution is -2.51. The van der Waals surface area contributed by atoms with E-state index in [9.17, 15) is 31.5 Å². The number of nitrogens with one attached hydrogen (secondary N) is 1. The van der Waals surface area contributed by atoms with E-state index in [2.05, 4.69) is 5.32 Å². The molecule has 0 aliphatic carbocycles. The van der Waals surface area contributed by atoms with Crippen molar-refractivity contribution in [3.8, 4) is 0 Å². The van der Waals surface area contributed by atoms with Crippen molar-refractivity contribution in [2.45, 2.75) is 62.3 Å². The van der Waals surface area contributed by atoms with Gasteiger partial charge in [0.1, 0.15) is 6.08 Å². The molecule has 250 valence electrons. The van der Waals surface area contributed by atoms with Gasteiger partial charge in [0.15, 0.2) is 6.29 Å². The number of ether oxygens (including phenoxy) is 3. The number of rotatable bonds is 11. The number of amides is 1. The number of fused-ring (bicyclic) bond motifs is 1. The summed E-state index contributed by atoms with van der Waals surface area (Å²) in [5, 5.41) is 21.1. The van der Waals surface area contributed by atoms with E-state index < -0.39 is 71.1 Å². The highest BCUT2D eigenvalue weighted by molar-refractivity contribution is 7.89. The van der Waals surface area contributed by atoms with Crippen molar-refractivity contribution < 1.29 is 61.1 Å². The summed E-state index contributed by atoms with van der Waals surface area (Å²) in [6.45, 7) is -0.257. The van der Waals surface area contributed by atoms with Gasteiger partial charge < -0.3 is 35.5 Å². The number of halogens is 3. The molecule has 0 aromatic heterocycles. The third kappa shape index (κ3) is 10.6. The molecule has 5 atom stereocenters. The molecule has 0 radical (unpaired) electrons. The summed E-state index contributed by atoms with van der Waals surface area (Å²) >= 11 is 0. The number of carbonyl (C=O) groups excluding carboxylic acids is 1. The number of carboxylic acid groups (broad SMARTS) is 1. The lowest BCUT2D eigenvalue weighted by molar-refractivity contribution is -0.192. The lowest BCUT2D eigenvalue weighted by Gasteiger charge is -2.31. The minimum atomic E-state index is -5.08. The van der Waals surface area contributed by atoms with Gasteiger partial charge in [-0.2, -0.15) is 17.5 Å². The van der Waals surface area contributed by atoms with Crippen molar-refractivity contribution in [1.29, 1.82) is 0 Å². The van der Waals surface area contributed by atoms with Gasteiger partial charge in [-0.15, -0.1) is 0 Å². The Balaban J connectivity index is 0.000000838. The Bertz CT molecular complexity index is 1560.